The summed E-state index contributed by atoms with van der Waals surface area (Å²) < 4.78 is 0. The maximum atomic E-state index is 9.20. The van der Waals surface area contributed by atoms with E-state index in [0.29, 0.717) is 5.92 Å². The van der Waals surface area contributed by atoms with Crippen molar-refractivity contribution in [3.8, 4) is 0 Å². The summed E-state index contributed by atoms with van der Waals surface area (Å²) in [7, 11) is 0. The number of nitrogens with one attached hydrogen (secondary N) is 1. The molecule has 15 heavy (non-hydrogen) atoms. The van der Waals surface area contributed by atoms with E-state index in [0.717, 1.165) is 13.0 Å². The summed E-state index contributed by atoms with van der Waals surface area (Å²) in [6, 6.07) is 4.52. The molecule has 0 amide bonds. The Kier molecular flexibility index (Phi) is 5.29. The third-order valence-corrected chi connectivity index (χ3v) is 3.34. The minimum atomic E-state index is 0.225. The molecule has 0 aliphatic carbocycles. The molecule has 2 nitrogen and oxygen atoms in total. The molecule has 0 radical (unpaired) electrons. The molecule has 0 spiro atoms. The minimum absolute atomic E-state index is 0.225. The number of rotatable bonds is 6. The monoisotopic (exact) mass is 227 g/mol. The van der Waals surface area contributed by atoms with E-state index >= 15 is 0 Å². The first-order valence-corrected chi connectivity index (χ1v) is 6.33. The van der Waals surface area contributed by atoms with Crippen LogP contribution in [0, 0.1) is 12.8 Å². The second kappa shape index (κ2) is 6.26. The summed E-state index contributed by atoms with van der Waals surface area (Å²) in [6.45, 7) is 7.57. The van der Waals surface area contributed by atoms with Crippen molar-refractivity contribution in [2.75, 3.05) is 6.61 Å². The fraction of sp³-hybridized carbons (Fsp3) is 0.667. The Morgan fingerprint density at radius 2 is 2.13 bits per heavy atom. The predicted octanol–water partition coefficient (Wildman–Crippen LogP) is 2.55. The summed E-state index contributed by atoms with van der Waals surface area (Å²) >= 11 is 1.81. The molecule has 0 saturated heterocycles. The molecule has 1 aromatic heterocycles. The number of aliphatic hydroxyl groups excluding tert-OH is 1. The highest BCUT2D eigenvalue weighted by Crippen LogP contribution is 2.15. The standard InChI is InChI=1S/C12H21NOS/c1-9(2)6-11(8-14)13-7-12-5-4-10(3)15-12/h4-5,9,11,13-14H,6-8H2,1-3H3. The first-order valence-electron chi connectivity index (χ1n) is 5.51. The molecule has 0 fully saturated rings. The highest BCUT2D eigenvalue weighted by molar-refractivity contribution is 7.11. The smallest absolute Gasteiger partial charge is 0.0584 e. The molecule has 1 aromatic rings. The van der Waals surface area contributed by atoms with E-state index in [-0.39, 0.29) is 12.6 Å². The number of aliphatic hydroxyl groups is 1. The van der Waals surface area contributed by atoms with Crippen LogP contribution in [0.15, 0.2) is 12.1 Å². The van der Waals surface area contributed by atoms with Gasteiger partial charge in [0.05, 0.1) is 6.61 Å². The van der Waals surface area contributed by atoms with E-state index in [1.807, 2.05) is 11.3 Å². The summed E-state index contributed by atoms with van der Waals surface area (Å²) in [6.07, 6.45) is 1.03. The minimum Gasteiger partial charge on any atom is -0.395 e. The van der Waals surface area contributed by atoms with Crippen molar-refractivity contribution in [2.24, 2.45) is 5.92 Å². The third kappa shape index (κ3) is 4.78. The van der Waals surface area contributed by atoms with E-state index in [4.69, 9.17) is 0 Å². The summed E-state index contributed by atoms with van der Waals surface area (Å²) in [5.41, 5.74) is 0. The van der Waals surface area contributed by atoms with Gasteiger partial charge in [0.1, 0.15) is 0 Å². The number of hydrogen-bond donors (Lipinski definition) is 2. The van der Waals surface area contributed by atoms with Crippen LogP contribution in [0.4, 0.5) is 0 Å². The van der Waals surface area contributed by atoms with Gasteiger partial charge in [-0.2, -0.15) is 0 Å². The molecule has 2 N–H and O–H groups in total. The van der Waals surface area contributed by atoms with Crippen LogP contribution >= 0.6 is 11.3 Å². The summed E-state index contributed by atoms with van der Waals surface area (Å²) in [5, 5.41) is 12.6. The Hall–Kier alpha value is -0.380. The van der Waals surface area contributed by atoms with Gasteiger partial charge in [0, 0.05) is 22.3 Å². The van der Waals surface area contributed by atoms with Gasteiger partial charge < -0.3 is 10.4 Å². The molecule has 0 aliphatic rings. The van der Waals surface area contributed by atoms with Crippen molar-refractivity contribution in [1.29, 1.82) is 0 Å². The molecule has 1 rings (SSSR count). The first kappa shape index (κ1) is 12.7. The van der Waals surface area contributed by atoms with Gasteiger partial charge in [-0.15, -0.1) is 11.3 Å². The van der Waals surface area contributed by atoms with Crippen LogP contribution in [0.5, 0.6) is 0 Å². The van der Waals surface area contributed by atoms with Gasteiger partial charge in [0.25, 0.3) is 0 Å². The molecule has 3 heteroatoms. The van der Waals surface area contributed by atoms with Crippen LogP contribution < -0.4 is 5.32 Å². The number of hydrogen-bond acceptors (Lipinski definition) is 3. The largest absolute Gasteiger partial charge is 0.395 e. The van der Waals surface area contributed by atoms with Crippen LogP contribution in [-0.4, -0.2) is 17.8 Å². The van der Waals surface area contributed by atoms with Crippen molar-refractivity contribution < 1.29 is 5.11 Å². The Labute approximate surface area is 96.3 Å². The van der Waals surface area contributed by atoms with Crippen molar-refractivity contribution in [3.05, 3.63) is 21.9 Å². The van der Waals surface area contributed by atoms with Gasteiger partial charge in [-0.1, -0.05) is 13.8 Å². The van der Waals surface area contributed by atoms with Crippen LogP contribution in [0.25, 0.3) is 0 Å². The molecule has 1 heterocycles. The Morgan fingerprint density at radius 3 is 2.60 bits per heavy atom. The van der Waals surface area contributed by atoms with E-state index < -0.39 is 0 Å². The van der Waals surface area contributed by atoms with Gasteiger partial charge in [-0.3, -0.25) is 0 Å². The van der Waals surface area contributed by atoms with Crippen LogP contribution in [0.2, 0.25) is 0 Å². The maximum Gasteiger partial charge on any atom is 0.0584 e. The lowest BCUT2D eigenvalue weighted by atomic mass is 10.0. The van der Waals surface area contributed by atoms with E-state index in [1.165, 1.54) is 9.75 Å². The zero-order valence-electron chi connectivity index (χ0n) is 9.79. The van der Waals surface area contributed by atoms with Gasteiger partial charge in [0.2, 0.25) is 0 Å². The van der Waals surface area contributed by atoms with E-state index in [2.05, 4.69) is 38.2 Å². The second-order valence-corrected chi connectivity index (χ2v) is 5.77. The second-order valence-electron chi connectivity index (χ2n) is 4.40. The first-order chi connectivity index (χ1) is 7.11. The lowest BCUT2D eigenvalue weighted by Gasteiger charge is -2.17. The fourth-order valence-electron chi connectivity index (χ4n) is 1.62. The topological polar surface area (TPSA) is 32.3 Å². The molecule has 0 saturated carbocycles. The lowest BCUT2D eigenvalue weighted by Crippen LogP contribution is -2.32. The lowest BCUT2D eigenvalue weighted by molar-refractivity contribution is 0.224. The summed E-state index contributed by atoms with van der Waals surface area (Å²) in [5.74, 6) is 0.625. The Morgan fingerprint density at radius 1 is 1.40 bits per heavy atom. The zero-order chi connectivity index (χ0) is 11.3. The van der Waals surface area contributed by atoms with E-state index in [1.54, 1.807) is 0 Å². The normalized spacial score (nSPS) is 13.4. The zero-order valence-corrected chi connectivity index (χ0v) is 10.6. The third-order valence-electron chi connectivity index (χ3n) is 2.34. The average molecular weight is 227 g/mol. The summed E-state index contributed by atoms with van der Waals surface area (Å²) in [4.78, 5) is 2.69. The molecule has 0 aromatic carbocycles. The Bertz CT molecular complexity index is 283. The van der Waals surface area contributed by atoms with Gasteiger partial charge >= 0.3 is 0 Å². The molecular formula is C12H21NOS. The van der Waals surface area contributed by atoms with Crippen molar-refractivity contribution in [1.82, 2.24) is 5.32 Å². The fourth-order valence-corrected chi connectivity index (χ4v) is 2.46. The van der Waals surface area contributed by atoms with Crippen LogP contribution in [0.3, 0.4) is 0 Å². The van der Waals surface area contributed by atoms with Crippen molar-refractivity contribution >= 4 is 11.3 Å². The molecule has 1 unspecified atom stereocenters. The molecular weight excluding hydrogens is 206 g/mol. The van der Waals surface area contributed by atoms with Gasteiger partial charge in [-0.05, 0) is 31.4 Å². The molecule has 1 atom stereocenters. The van der Waals surface area contributed by atoms with Crippen LogP contribution in [-0.2, 0) is 6.54 Å². The Balaban J connectivity index is 2.34. The maximum absolute atomic E-state index is 9.20. The van der Waals surface area contributed by atoms with E-state index in [9.17, 15) is 5.11 Å². The van der Waals surface area contributed by atoms with Gasteiger partial charge in [0.15, 0.2) is 0 Å². The highest BCUT2D eigenvalue weighted by Gasteiger charge is 2.09. The molecule has 0 bridgehead atoms. The predicted molar refractivity (Wildman–Crippen MR) is 66.2 cm³/mol. The van der Waals surface area contributed by atoms with Crippen molar-refractivity contribution in [2.45, 2.75) is 39.8 Å². The quantitative estimate of drug-likeness (QED) is 0.783. The van der Waals surface area contributed by atoms with Crippen LogP contribution in [0.1, 0.15) is 30.0 Å². The average Bonchev–Trinajstić information content (AvgIpc) is 2.58. The molecule has 86 valence electrons. The van der Waals surface area contributed by atoms with Crippen molar-refractivity contribution in [3.63, 3.8) is 0 Å². The van der Waals surface area contributed by atoms with Gasteiger partial charge in [-0.25, -0.2) is 0 Å². The SMILES string of the molecule is Cc1ccc(CNC(CO)CC(C)C)s1. The number of aryl methyl sites for hydroxylation is 1. The molecule has 0 aliphatic heterocycles. The number of thiophene rings is 1. The highest BCUT2D eigenvalue weighted by atomic mass is 32.1.